The van der Waals surface area contributed by atoms with Crippen LogP contribution in [0.2, 0.25) is 0 Å². The van der Waals surface area contributed by atoms with Crippen molar-refractivity contribution in [3.8, 4) is 0 Å². The van der Waals surface area contributed by atoms with Gasteiger partial charge in [-0.3, -0.25) is 4.79 Å². The third-order valence-electron chi connectivity index (χ3n) is 4.88. The highest BCUT2D eigenvalue weighted by Crippen LogP contribution is 2.34. The second kappa shape index (κ2) is 8.45. The second-order valence-corrected chi connectivity index (χ2v) is 6.47. The molecule has 1 aliphatic rings. The Labute approximate surface area is 154 Å². The molecule has 0 bridgehead atoms. The maximum Gasteiger partial charge on any atom is 0.227 e. The second-order valence-electron chi connectivity index (χ2n) is 6.47. The van der Waals surface area contributed by atoms with Gasteiger partial charge in [0.25, 0.3) is 0 Å². The highest BCUT2D eigenvalue weighted by molar-refractivity contribution is 5.85. The maximum atomic E-state index is 13.5. The van der Waals surface area contributed by atoms with Gasteiger partial charge in [-0.25, -0.2) is 4.39 Å². The van der Waals surface area contributed by atoms with Crippen LogP contribution in [-0.2, 0) is 4.79 Å². The third kappa shape index (κ3) is 4.20. The summed E-state index contributed by atoms with van der Waals surface area (Å²) in [5, 5.41) is 0. The van der Waals surface area contributed by atoms with Gasteiger partial charge in [-0.15, -0.1) is 12.4 Å². The van der Waals surface area contributed by atoms with Crippen molar-refractivity contribution < 1.29 is 9.18 Å². The number of likely N-dealkylation sites (tertiary alicyclic amines) is 1. The molecule has 3 atom stereocenters. The lowest BCUT2D eigenvalue weighted by atomic mass is 9.93. The van der Waals surface area contributed by atoms with Crippen molar-refractivity contribution in [2.75, 3.05) is 6.54 Å². The highest BCUT2D eigenvalue weighted by Gasteiger charge is 2.34. The summed E-state index contributed by atoms with van der Waals surface area (Å²) in [5.74, 6) is -0.541. The Kier molecular flexibility index (Phi) is 6.57. The third-order valence-corrected chi connectivity index (χ3v) is 4.88. The zero-order valence-electron chi connectivity index (χ0n) is 14.3. The summed E-state index contributed by atoms with van der Waals surface area (Å²) in [6.07, 6.45) is 1.79. The minimum Gasteiger partial charge on any atom is -0.335 e. The van der Waals surface area contributed by atoms with Crippen molar-refractivity contribution >= 4 is 18.3 Å². The van der Waals surface area contributed by atoms with Crippen LogP contribution in [0.5, 0.6) is 0 Å². The van der Waals surface area contributed by atoms with Gasteiger partial charge in [0, 0.05) is 12.6 Å². The van der Waals surface area contributed by atoms with Crippen LogP contribution in [0.25, 0.3) is 0 Å². The van der Waals surface area contributed by atoms with Crippen LogP contribution >= 0.6 is 12.4 Å². The van der Waals surface area contributed by atoms with Crippen LogP contribution in [-0.4, -0.2) is 17.4 Å². The zero-order valence-corrected chi connectivity index (χ0v) is 15.1. The van der Waals surface area contributed by atoms with Gasteiger partial charge in [-0.2, -0.15) is 0 Å². The lowest BCUT2D eigenvalue weighted by Gasteiger charge is -2.30. The van der Waals surface area contributed by atoms with E-state index in [-0.39, 0.29) is 42.1 Å². The largest absolute Gasteiger partial charge is 0.335 e. The summed E-state index contributed by atoms with van der Waals surface area (Å²) < 4.78 is 13.5. The molecule has 25 heavy (non-hydrogen) atoms. The first-order valence-electron chi connectivity index (χ1n) is 8.44. The lowest BCUT2D eigenvalue weighted by molar-refractivity contribution is -0.136. The Morgan fingerprint density at radius 1 is 1.20 bits per heavy atom. The van der Waals surface area contributed by atoms with Crippen LogP contribution in [0, 0.1) is 11.7 Å². The van der Waals surface area contributed by atoms with Crippen LogP contribution in [0.15, 0.2) is 54.6 Å². The van der Waals surface area contributed by atoms with E-state index in [1.807, 2.05) is 48.2 Å². The van der Waals surface area contributed by atoms with Gasteiger partial charge in [-0.05, 0) is 36.1 Å². The molecule has 1 saturated heterocycles. The number of hydrogen-bond donors (Lipinski definition) is 1. The quantitative estimate of drug-likeness (QED) is 0.883. The minimum absolute atomic E-state index is 0. The predicted octanol–water partition coefficient (Wildman–Crippen LogP) is 4.25. The Balaban J connectivity index is 0.00000225. The Morgan fingerprint density at radius 3 is 2.60 bits per heavy atom. The van der Waals surface area contributed by atoms with E-state index in [0.29, 0.717) is 6.54 Å². The Hall–Kier alpha value is -1.91. The first kappa shape index (κ1) is 19.4. The molecule has 0 radical (unpaired) electrons. The molecule has 3 unspecified atom stereocenters. The van der Waals surface area contributed by atoms with Crippen molar-refractivity contribution in [2.45, 2.75) is 31.8 Å². The summed E-state index contributed by atoms with van der Waals surface area (Å²) in [6.45, 7) is 2.58. The van der Waals surface area contributed by atoms with E-state index in [4.69, 9.17) is 5.73 Å². The van der Waals surface area contributed by atoms with Crippen molar-refractivity contribution in [2.24, 2.45) is 11.7 Å². The number of halogens is 2. The van der Waals surface area contributed by atoms with E-state index < -0.39 is 0 Å². The average molecular weight is 363 g/mol. The number of rotatable bonds is 4. The van der Waals surface area contributed by atoms with E-state index in [2.05, 4.69) is 0 Å². The molecule has 5 heteroatoms. The van der Waals surface area contributed by atoms with Gasteiger partial charge in [0.15, 0.2) is 0 Å². The van der Waals surface area contributed by atoms with E-state index in [1.165, 1.54) is 12.1 Å². The fourth-order valence-electron chi connectivity index (χ4n) is 3.47. The molecule has 2 N–H and O–H groups in total. The molecule has 2 aromatic rings. The standard InChI is InChI=1S/C20H23FN2O.ClH/c1-14(19(22)15-7-3-2-4-8-15)20(24)23-12-6-11-18(23)16-9-5-10-17(21)13-16;/h2-5,7-10,13-14,18-19H,6,11-12,22H2,1H3;1H. The fourth-order valence-corrected chi connectivity index (χ4v) is 3.47. The number of nitrogens with two attached hydrogens (primary N) is 1. The van der Waals surface area contributed by atoms with E-state index >= 15 is 0 Å². The van der Waals surface area contributed by atoms with Gasteiger partial charge < -0.3 is 10.6 Å². The van der Waals surface area contributed by atoms with Crippen molar-refractivity contribution in [3.05, 3.63) is 71.5 Å². The number of hydrogen-bond acceptors (Lipinski definition) is 2. The number of carbonyl (C=O) groups excluding carboxylic acids is 1. The van der Waals surface area contributed by atoms with Gasteiger partial charge >= 0.3 is 0 Å². The maximum absolute atomic E-state index is 13.5. The lowest BCUT2D eigenvalue weighted by Crippen LogP contribution is -2.39. The summed E-state index contributed by atoms with van der Waals surface area (Å²) in [5.41, 5.74) is 8.13. The average Bonchev–Trinajstić information content (AvgIpc) is 3.10. The fraction of sp³-hybridized carbons (Fsp3) is 0.350. The normalized spacial score (nSPS) is 19.2. The number of carbonyl (C=O) groups is 1. The van der Waals surface area contributed by atoms with Gasteiger partial charge in [0.05, 0.1) is 12.0 Å². The van der Waals surface area contributed by atoms with Crippen LogP contribution < -0.4 is 5.73 Å². The SMILES string of the molecule is CC(C(=O)N1CCCC1c1cccc(F)c1)C(N)c1ccccc1.Cl. The topological polar surface area (TPSA) is 46.3 Å². The molecule has 1 amide bonds. The van der Waals surface area contributed by atoms with Crippen LogP contribution in [0.3, 0.4) is 0 Å². The smallest absolute Gasteiger partial charge is 0.227 e. The molecule has 134 valence electrons. The molecule has 1 fully saturated rings. The van der Waals surface area contributed by atoms with Gasteiger partial charge in [0.2, 0.25) is 5.91 Å². The first-order valence-corrected chi connectivity index (χ1v) is 8.44. The number of benzene rings is 2. The summed E-state index contributed by atoms with van der Waals surface area (Å²) in [6, 6.07) is 15.8. The molecule has 0 aliphatic carbocycles. The molecule has 2 aromatic carbocycles. The number of amides is 1. The number of nitrogens with zero attached hydrogens (tertiary/aromatic N) is 1. The molecule has 3 nitrogen and oxygen atoms in total. The van der Waals surface area contributed by atoms with Crippen LogP contribution in [0.1, 0.15) is 43.0 Å². The van der Waals surface area contributed by atoms with Gasteiger partial charge in [-0.1, -0.05) is 49.4 Å². The van der Waals surface area contributed by atoms with Crippen LogP contribution in [0.4, 0.5) is 4.39 Å². The molecule has 0 aromatic heterocycles. The van der Waals surface area contributed by atoms with E-state index in [9.17, 15) is 9.18 Å². The van der Waals surface area contributed by atoms with Gasteiger partial charge in [0.1, 0.15) is 5.82 Å². The molecule has 3 rings (SSSR count). The molecule has 0 spiro atoms. The van der Waals surface area contributed by atoms with Crippen molar-refractivity contribution in [1.82, 2.24) is 4.90 Å². The Morgan fingerprint density at radius 2 is 1.92 bits per heavy atom. The predicted molar refractivity (Wildman–Crippen MR) is 99.9 cm³/mol. The summed E-state index contributed by atoms with van der Waals surface area (Å²) in [4.78, 5) is 14.8. The molecule has 0 saturated carbocycles. The van der Waals surface area contributed by atoms with E-state index in [0.717, 1.165) is 24.0 Å². The van der Waals surface area contributed by atoms with E-state index in [1.54, 1.807) is 6.07 Å². The zero-order chi connectivity index (χ0) is 17.1. The first-order chi connectivity index (χ1) is 11.6. The molecular weight excluding hydrogens is 339 g/mol. The minimum atomic E-state index is -0.340. The summed E-state index contributed by atoms with van der Waals surface area (Å²) >= 11 is 0. The monoisotopic (exact) mass is 362 g/mol. The summed E-state index contributed by atoms with van der Waals surface area (Å²) in [7, 11) is 0. The van der Waals surface area contributed by atoms with Crippen molar-refractivity contribution in [3.63, 3.8) is 0 Å². The van der Waals surface area contributed by atoms with Crippen molar-refractivity contribution in [1.29, 1.82) is 0 Å². The molecule has 1 heterocycles. The molecule has 1 aliphatic heterocycles. The Bertz CT molecular complexity index is 710. The molecular formula is C20H24ClFN2O. The highest BCUT2D eigenvalue weighted by atomic mass is 35.5.